The number of rotatable bonds is 13. The highest BCUT2D eigenvalue weighted by Gasteiger charge is 2.48. The van der Waals surface area contributed by atoms with Crippen LogP contribution < -0.4 is 14.4 Å². The Bertz CT molecular complexity index is 3820. The van der Waals surface area contributed by atoms with E-state index in [-0.39, 0.29) is 17.5 Å². The highest BCUT2D eigenvalue weighted by molar-refractivity contribution is 5.92. The van der Waals surface area contributed by atoms with E-state index in [1.165, 1.54) is 36.4 Å². The minimum absolute atomic E-state index is 0.336. The van der Waals surface area contributed by atoms with Crippen LogP contribution in [0.4, 0.5) is 30.2 Å². The third-order valence-electron chi connectivity index (χ3n) is 15.5. The molecule has 0 saturated carbocycles. The predicted octanol–water partition coefficient (Wildman–Crippen LogP) is 19.2. The summed E-state index contributed by atoms with van der Waals surface area (Å²) in [7, 11) is 0. The number of nitrogens with zero attached hydrogens (tertiary/aromatic N) is 1. The number of hydrogen-bond acceptors (Lipinski definition) is 3. The Labute approximate surface area is 451 Å². The number of halogens is 3. The van der Waals surface area contributed by atoms with Gasteiger partial charge in [0.2, 0.25) is 0 Å². The van der Waals surface area contributed by atoms with Gasteiger partial charge in [-0.05, 0) is 199 Å². The molecule has 13 rings (SSSR count). The van der Waals surface area contributed by atoms with Gasteiger partial charge in [0, 0.05) is 17.1 Å². The molecule has 374 valence electrons. The van der Waals surface area contributed by atoms with Gasteiger partial charge in [-0.2, -0.15) is 0 Å². The summed E-state index contributed by atoms with van der Waals surface area (Å²) in [4.78, 5) is 2.17. The molecule has 0 N–H and O–H groups in total. The van der Waals surface area contributed by atoms with Crippen LogP contribution >= 0.6 is 0 Å². The van der Waals surface area contributed by atoms with Crippen molar-refractivity contribution in [3.05, 3.63) is 341 Å². The summed E-state index contributed by atoms with van der Waals surface area (Å²) in [5, 5.41) is 0. The zero-order valence-electron chi connectivity index (χ0n) is 42.2. The standard InChI is InChI=1S/C72H48F3NO2/c1-3-47-13-35-59(36-14-47)77-61-39-21-51(22-40-61)71(49-17-25-53(73)26-18-49)67-11-7-5-9-63(67)65-43-33-57(45-69(65)71)76(56-31-29-55(75)30-32-56)58-34-44-66-64-10-6-8-12-68(64)72(70(66)46-58,50-19-27-54(74)28-20-50)52-23-41-62(42-24-52)78-60-37-15-48(4-2)16-38-60/h3-46H,1-2H2. The first-order valence-corrected chi connectivity index (χ1v) is 25.8. The summed E-state index contributed by atoms with van der Waals surface area (Å²) in [5.74, 6) is 1.69. The molecule has 0 spiro atoms. The van der Waals surface area contributed by atoms with Gasteiger partial charge in [-0.3, -0.25) is 0 Å². The minimum Gasteiger partial charge on any atom is -0.457 e. The maximum Gasteiger partial charge on any atom is 0.127 e. The fourth-order valence-electron chi connectivity index (χ4n) is 12.0. The first kappa shape index (κ1) is 47.8. The third-order valence-corrected chi connectivity index (χ3v) is 15.5. The molecule has 2 atom stereocenters. The fourth-order valence-corrected chi connectivity index (χ4v) is 12.0. The van der Waals surface area contributed by atoms with Crippen molar-refractivity contribution in [2.75, 3.05) is 4.90 Å². The first-order valence-electron chi connectivity index (χ1n) is 25.8. The van der Waals surface area contributed by atoms with Crippen molar-refractivity contribution >= 4 is 29.2 Å². The predicted molar refractivity (Wildman–Crippen MR) is 309 cm³/mol. The maximum atomic E-state index is 15.1. The SMILES string of the molecule is C=Cc1ccc(Oc2ccc(C3(c4ccc(F)cc4)c4ccccc4-c4ccc(N(c5ccc(F)cc5)c5ccc6c(c5)C(c5ccc(F)cc5)(c5ccc(Oc7ccc(C=C)cc7)cc5)c5ccccc5-6)cc43)cc2)cc1. The molecule has 2 aliphatic rings. The van der Waals surface area contributed by atoms with Gasteiger partial charge in [-0.1, -0.05) is 159 Å². The van der Waals surface area contributed by atoms with E-state index in [0.29, 0.717) is 23.0 Å². The van der Waals surface area contributed by atoms with Crippen LogP contribution in [-0.4, -0.2) is 0 Å². The van der Waals surface area contributed by atoms with E-state index in [4.69, 9.17) is 9.47 Å². The molecule has 2 unspecified atom stereocenters. The van der Waals surface area contributed by atoms with Crippen molar-refractivity contribution in [2.24, 2.45) is 0 Å². The second kappa shape index (κ2) is 19.3. The smallest absolute Gasteiger partial charge is 0.127 e. The molecule has 3 nitrogen and oxygen atoms in total. The van der Waals surface area contributed by atoms with Gasteiger partial charge in [0.1, 0.15) is 40.4 Å². The summed E-state index contributed by atoms with van der Waals surface area (Å²) in [6, 6.07) is 81.9. The van der Waals surface area contributed by atoms with Gasteiger partial charge in [0.15, 0.2) is 0 Å². The summed E-state index contributed by atoms with van der Waals surface area (Å²) in [5.41, 5.74) is 14.4. The van der Waals surface area contributed by atoms with E-state index in [1.54, 1.807) is 24.3 Å². The molecule has 0 heterocycles. The summed E-state index contributed by atoms with van der Waals surface area (Å²) < 4.78 is 58.0. The molecule has 11 aromatic rings. The van der Waals surface area contributed by atoms with Crippen LogP contribution in [0.25, 0.3) is 34.4 Å². The van der Waals surface area contributed by atoms with Crippen LogP contribution in [0.5, 0.6) is 23.0 Å². The minimum atomic E-state index is -0.920. The number of hydrogen-bond donors (Lipinski definition) is 0. The molecule has 0 aliphatic heterocycles. The van der Waals surface area contributed by atoms with Gasteiger partial charge >= 0.3 is 0 Å². The lowest BCUT2D eigenvalue weighted by atomic mass is 9.67. The Morgan fingerprint density at radius 2 is 0.603 bits per heavy atom. The van der Waals surface area contributed by atoms with E-state index in [2.05, 4.69) is 127 Å². The van der Waals surface area contributed by atoms with Gasteiger partial charge in [-0.25, -0.2) is 13.2 Å². The van der Waals surface area contributed by atoms with Crippen molar-refractivity contribution in [2.45, 2.75) is 10.8 Å². The molecular weight excluding hydrogens is 968 g/mol. The lowest BCUT2D eigenvalue weighted by Gasteiger charge is -2.36. The summed E-state index contributed by atoms with van der Waals surface area (Å²) in [6.07, 6.45) is 3.59. The molecule has 0 amide bonds. The normalized spacial score (nSPS) is 15.6. The van der Waals surface area contributed by atoms with E-state index >= 15 is 13.2 Å². The molecule has 78 heavy (non-hydrogen) atoms. The highest BCUT2D eigenvalue weighted by atomic mass is 19.1. The fraction of sp³-hybridized carbons (Fsp3) is 0.0278. The van der Waals surface area contributed by atoms with Crippen molar-refractivity contribution in [1.82, 2.24) is 0 Å². The third kappa shape index (κ3) is 7.91. The van der Waals surface area contributed by atoms with Crippen LogP contribution in [-0.2, 0) is 10.8 Å². The van der Waals surface area contributed by atoms with Crippen LogP contribution in [0.1, 0.15) is 55.6 Å². The molecule has 0 fully saturated rings. The summed E-state index contributed by atoms with van der Waals surface area (Å²) >= 11 is 0. The molecular formula is C72H48F3NO2. The van der Waals surface area contributed by atoms with Crippen molar-refractivity contribution < 1.29 is 22.6 Å². The molecule has 0 aromatic heterocycles. The second-order valence-electron chi connectivity index (χ2n) is 19.7. The average Bonchev–Trinajstić information content (AvgIpc) is 3.95. The van der Waals surface area contributed by atoms with Crippen molar-refractivity contribution in [3.8, 4) is 45.3 Å². The molecule has 0 radical (unpaired) electrons. The second-order valence-corrected chi connectivity index (χ2v) is 19.7. The number of anilines is 3. The zero-order valence-corrected chi connectivity index (χ0v) is 42.2. The van der Waals surface area contributed by atoms with Gasteiger partial charge in [0.25, 0.3) is 0 Å². The van der Waals surface area contributed by atoms with E-state index in [1.807, 2.05) is 97.1 Å². The molecule has 11 aromatic carbocycles. The zero-order chi connectivity index (χ0) is 53.0. The van der Waals surface area contributed by atoms with Crippen molar-refractivity contribution in [1.29, 1.82) is 0 Å². The lowest BCUT2D eigenvalue weighted by Crippen LogP contribution is -2.29. The van der Waals surface area contributed by atoms with Crippen LogP contribution in [0.3, 0.4) is 0 Å². The average molecular weight is 1020 g/mol. The number of ether oxygens (including phenoxy) is 2. The molecule has 0 bridgehead atoms. The van der Waals surface area contributed by atoms with E-state index < -0.39 is 10.8 Å². The van der Waals surface area contributed by atoms with Crippen LogP contribution in [0, 0.1) is 17.5 Å². The largest absolute Gasteiger partial charge is 0.457 e. The molecule has 2 aliphatic carbocycles. The Morgan fingerprint density at radius 3 is 0.962 bits per heavy atom. The molecule has 6 heteroatoms. The maximum absolute atomic E-state index is 15.1. The quantitative estimate of drug-likeness (QED) is 0.115. The topological polar surface area (TPSA) is 21.7 Å². The van der Waals surface area contributed by atoms with Gasteiger partial charge < -0.3 is 14.4 Å². The van der Waals surface area contributed by atoms with Crippen LogP contribution in [0.15, 0.2) is 268 Å². The Hall–Kier alpha value is -9.91. The molecule has 0 saturated heterocycles. The van der Waals surface area contributed by atoms with Crippen molar-refractivity contribution in [3.63, 3.8) is 0 Å². The number of fused-ring (bicyclic) bond motifs is 6. The van der Waals surface area contributed by atoms with Gasteiger partial charge in [-0.15, -0.1) is 0 Å². The van der Waals surface area contributed by atoms with E-state index in [9.17, 15) is 0 Å². The monoisotopic (exact) mass is 1020 g/mol. The lowest BCUT2D eigenvalue weighted by molar-refractivity contribution is 0.482. The number of benzene rings is 11. The van der Waals surface area contributed by atoms with Crippen LogP contribution in [0.2, 0.25) is 0 Å². The first-order chi connectivity index (χ1) is 38.2. The van der Waals surface area contributed by atoms with Gasteiger partial charge in [0.05, 0.1) is 10.8 Å². The van der Waals surface area contributed by atoms with E-state index in [0.717, 1.165) is 95.0 Å². The Morgan fingerprint density at radius 1 is 0.308 bits per heavy atom. The summed E-state index contributed by atoms with van der Waals surface area (Å²) in [6.45, 7) is 7.76. The Kier molecular flexibility index (Phi) is 11.8. The highest BCUT2D eigenvalue weighted by Crippen LogP contribution is 2.60. The Balaban J connectivity index is 0.998.